The van der Waals surface area contributed by atoms with Crippen LogP contribution in [0.4, 0.5) is 0 Å². The van der Waals surface area contributed by atoms with Gasteiger partial charge in [0.05, 0.1) is 0 Å². The summed E-state index contributed by atoms with van der Waals surface area (Å²) in [6.45, 7) is 3.86. The van der Waals surface area contributed by atoms with Crippen LogP contribution in [0.1, 0.15) is 24.9 Å². The molecule has 2 N–H and O–H groups in total. The highest BCUT2D eigenvalue weighted by atomic mass is 32.2. The molecular weight excluding hydrogens is 242 g/mol. The summed E-state index contributed by atoms with van der Waals surface area (Å²) in [4.78, 5) is 0.120. The molecular formula is C11H17NO4S. The highest BCUT2D eigenvalue weighted by Crippen LogP contribution is 2.37. The Balaban J connectivity index is 2.10. The van der Waals surface area contributed by atoms with E-state index in [0.717, 1.165) is 6.42 Å². The van der Waals surface area contributed by atoms with Crippen molar-refractivity contribution in [3.8, 4) is 0 Å². The largest absolute Gasteiger partial charge is 0.462 e. The molecule has 6 heteroatoms. The Morgan fingerprint density at radius 3 is 2.71 bits per heavy atom. The van der Waals surface area contributed by atoms with Crippen molar-refractivity contribution in [2.75, 3.05) is 6.54 Å². The first-order chi connectivity index (χ1) is 7.94. The second-order valence-electron chi connectivity index (χ2n) is 4.62. The second kappa shape index (κ2) is 4.44. The first-order valence-electron chi connectivity index (χ1n) is 5.64. The van der Waals surface area contributed by atoms with Gasteiger partial charge in [0.15, 0.2) is 0 Å². The van der Waals surface area contributed by atoms with Crippen molar-refractivity contribution in [2.45, 2.75) is 31.8 Å². The fourth-order valence-corrected chi connectivity index (χ4v) is 3.14. The predicted octanol–water partition coefficient (Wildman–Crippen LogP) is 1.01. The van der Waals surface area contributed by atoms with Crippen LogP contribution < -0.4 is 4.72 Å². The monoisotopic (exact) mass is 259 g/mol. The minimum Gasteiger partial charge on any atom is -0.462 e. The van der Waals surface area contributed by atoms with Crippen molar-refractivity contribution in [1.82, 2.24) is 4.72 Å². The molecule has 0 aliphatic heterocycles. The van der Waals surface area contributed by atoms with Crippen LogP contribution in [-0.4, -0.2) is 20.1 Å². The zero-order chi connectivity index (χ0) is 12.6. The Hall–Kier alpha value is -0.850. The molecule has 1 aromatic rings. The quantitative estimate of drug-likeness (QED) is 0.827. The van der Waals surface area contributed by atoms with Crippen LogP contribution in [0.5, 0.6) is 0 Å². The Morgan fingerprint density at radius 1 is 1.59 bits per heavy atom. The van der Waals surface area contributed by atoms with Crippen molar-refractivity contribution in [2.24, 2.45) is 11.8 Å². The molecule has 0 amide bonds. The van der Waals surface area contributed by atoms with Crippen LogP contribution in [-0.2, 0) is 16.6 Å². The lowest BCUT2D eigenvalue weighted by Crippen LogP contribution is -2.26. The molecule has 0 radical (unpaired) electrons. The maximum Gasteiger partial charge on any atom is 0.244 e. The average molecular weight is 259 g/mol. The molecule has 1 aromatic heterocycles. The van der Waals surface area contributed by atoms with Crippen LogP contribution >= 0.6 is 0 Å². The number of furan rings is 1. The van der Waals surface area contributed by atoms with Gasteiger partial charge in [-0.3, -0.25) is 0 Å². The Kier molecular flexibility index (Phi) is 3.29. The van der Waals surface area contributed by atoms with E-state index in [4.69, 9.17) is 9.52 Å². The van der Waals surface area contributed by atoms with Gasteiger partial charge in [0.25, 0.3) is 0 Å². The van der Waals surface area contributed by atoms with Crippen molar-refractivity contribution in [3.63, 3.8) is 0 Å². The Morgan fingerprint density at radius 2 is 2.24 bits per heavy atom. The van der Waals surface area contributed by atoms with Gasteiger partial charge in [0.2, 0.25) is 10.0 Å². The highest BCUT2D eigenvalue weighted by molar-refractivity contribution is 7.89. The summed E-state index contributed by atoms with van der Waals surface area (Å²) in [5, 5.41) is 8.89. The van der Waals surface area contributed by atoms with Crippen molar-refractivity contribution < 1.29 is 17.9 Å². The van der Waals surface area contributed by atoms with E-state index in [1.165, 1.54) is 6.07 Å². The predicted molar refractivity (Wildman–Crippen MR) is 61.8 cm³/mol. The van der Waals surface area contributed by atoms with E-state index < -0.39 is 10.0 Å². The SMILES string of the molecule is Cc1oc(CO)cc1S(=O)(=O)NCC1CC1C. The van der Waals surface area contributed by atoms with Crippen molar-refractivity contribution in [3.05, 3.63) is 17.6 Å². The topological polar surface area (TPSA) is 79.5 Å². The molecule has 0 aromatic carbocycles. The van der Waals surface area contributed by atoms with Crippen LogP contribution in [0.25, 0.3) is 0 Å². The number of aliphatic hydroxyl groups excluding tert-OH is 1. The van der Waals surface area contributed by atoms with Crippen molar-refractivity contribution in [1.29, 1.82) is 0 Å². The molecule has 0 spiro atoms. The maximum atomic E-state index is 12.0. The van der Waals surface area contributed by atoms with E-state index in [0.29, 0.717) is 24.1 Å². The average Bonchev–Trinajstić information content (AvgIpc) is 2.82. The van der Waals surface area contributed by atoms with E-state index in [2.05, 4.69) is 11.6 Å². The Bertz CT molecular complexity index is 506. The number of hydrogen-bond acceptors (Lipinski definition) is 4. The fraction of sp³-hybridized carbons (Fsp3) is 0.636. The highest BCUT2D eigenvalue weighted by Gasteiger charge is 2.33. The van der Waals surface area contributed by atoms with E-state index in [1.54, 1.807) is 6.92 Å². The molecule has 2 rings (SSSR count). The van der Waals surface area contributed by atoms with Gasteiger partial charge >= 0.3 is 0 Å². The number of sulfonamides is 1. The normalized spacial score (nSPS) is 23.9. The third-order valence-electron chi connectivity index (χ3n) is 3.18. The molecule has 2 atom stereocenters. The van der Waals surface area contributed by atoms with Crippen molar-refractivity contribution >= 4 is 10.0 Å². The minimum atomic E-state index is -3.51. The number of aryl methyl sites for hydroxylation is 1. The van der Waals surface area contributed by atoms with Crippen LogP contribution in [0.2, 0.25) is 0 Å². The van der Waals surface area contributed by atoms with Gasteiger partial charge in [0, 0.05) is 12.6 Å². The van der Waals surface area contributed by atoms with E-state index in [9.17, 15) is 8.42 Å². The lowest BCUT2D eigenvalue weighted by Gasteiger charge is -2.04. The van der Waals surface area contributed by atoms with E-state index >= 15 is 0 Å². The van der Waals surface area contributed by atoms with Gasteiger partial charge < -0.3 is 9.52 Å². The number of hydrogen-bond donors (Lipinski definition) is 2. The summed E-state index contributed by atoms with van der Waals surface area (Å²) in [7, 11) is -3.51. The summed E-state index contributed by atoms with van der Waals surface area (Å²) in [5.74, 6) is 1.64. The zero-order valence-corrected chi connectivity index (χ0v) is 10.8. The molecule has 1 aliphatic carbocycles. The zero-order valence-electron chi connectivity index (χ0n) is 9.93. The summed E-state index contributed by atoms with van der Waals surface area (Å²) < 4.78 is 31.6. The standard InChI is InChI=1S/C11H17NO4S/c1-7-3-9(7)5-12-17(14,15)11-4-10(6-13)16-8(11)2/h4,7,9,12-13H,3,5-6H2,1-2H3. The third kappa shape index (κ3) is 2.70. The lowest BCUT2D eigenvalue weighted by molar-refractivity contribution is 0.244. The minimum absolute atomic E-state index is 0.120. The summed E-state index contributed by atoms with van der Waals surface area (Å²) in [6.07, 6.45) is 1.08. The van der Waals surface area contributed by atoms with Gasteiger partial charge in [-0.05, 0) is 25.2 Å². The van der Waals surface area contributed by atoms with Gasteiger partial charge in [-0.25, -0.2) is 13.1 Å². The Labute approximate surface area is 101 Å². The number of nitrogens with one attached hydrogen (secondary N) is 1. The molecule has 17 heavy (non-hydrogen) atoms. The van der Waals surface area contributed by atoms with Gasteiger partial charge in [-0.2, -0.15) is 0 Å². The number of aliphatic hydroxyl groups is 1. The molecule has 0 bridgehead atoms. The van der Waals surface area contributed by atoms with Crippen LogP contribution in [0.15, 0.2) is 15.4 Å². The van der Waals surface area contributed by atoms with Crippen LogP contribution in [0, 0.1) is 18.8 Å². The molecule has 0 saturated heterocycles. The lowest BCUT2D eigenvalue weighted by atomic mass is 10.3. The first-order valence-corrected chi connectivity index (χ1v) is 7.12. The van der Waals surface area contributed by atoms with Gasteiger partial charge in [-0.15, -0.1) is 0 Å². The first kappa shape index (κ1) is 12.6. The van der Waals surface area contributed by atoms with Gasteiger partial charge in [-0.1, -0.05) is 6.92 Å². The molecule has 1 heterocycles. The van der Waals surface area contributed by atoms with Crippen LogP contribution in [0.3, 0.4) is 0 Å². The summed E-state index contributed by atoms with van der Waals surface area (Å²) in [5.41, 5.74) is 0. The fourth-order valence-electron chi connectivity index (χ4n) is 1.85. The smallest absolute Gasteiger partial charge is 0.244 e. The summed E-state index contributed by atoms with van der Waals surface area (Å²) >= 11 is 0. The molecule has 1 fully saturated rings. The van der Waals surface area contributed by atoms with E-state index in [1.807, 2.05) is 0 Å². The molecule has 1 saturated carbocycles. The van der Waals surface area contributed by atoms with E-state index in [-0.39, 0.29) is 17.3 Å². The molecule has 1 aliphatic rings. The third-order valence-corrected chi connectivity index (χ3v) is 4.71. The molecule has 5 nitrogen and oxygen atoms in total. The summed E-state index contributed by atoms with van der Waals surface area (Å²) in [6, 6.07) is 1.37. The second-order valence-corrected chi connectivity index (χ2v) is 6.35. The van der Waals surface area contributed by atoms with Gasteiger partial charge in [0.1, 0.15) is 23.0 Å². The molecule has 2 unspecified atom stereocenters. The maximum absolute atomic E-state index is 12.0. The molecule has 96 valence electrons. The number of rotatable bonds is 5.